The Balaban J connectivity index is 1.53. The van der Waals surface area contributed by atoms with Crippen LogP contribution in [0.4, 0.5) is 11.5 Å². The number of rotatable bonds is 5. The van der Waals surface area contributed by atoms with Crippen LogP contribution in [0.15, 0.2) is 39.8 Å². The Kier molecular flexibility index (Phi) is 4.62. The highest BCUT2D eigenvalue weighted by atomic mass is 32.2. The Morgan fingerprint density at radius 2 is 2.21 bits per heavy atom. The van der Waals surface area contributed by atoms with Crippen molar-refractivity contribution in [3.05, 3.63) is 36.1 Å². The number of fused-ring (bicyclic) bond motifs is 3. The lowest BCUT2D eigenvalue weighted by molar-refractivity contribution is -0.156. The normalized spacial score (nSPS) is 21.2. The molecule has 0 unspecified atom stereocenters. The number of hydrogen-bond donors (Lipinski definition) is 1. The van der Waals surface area contributed by atoms with Gasteiger partial charge in [-0.3, -0.25) is 14.5 Å². The van der Waals surface area contributed by atoms with Gasteiger partial charge in [0.2, 0.25) is 5.91 Å². The average molecular weight is 401 g/mol. The number of ether oxygens (including phenoxy) is 1. The lowest BCUT2D eigenvalue weighted by atomic mass is 10.2. The zero-order valence-electron chi connectivity index (χ0n) is 15.4. The number of para-hydroxylation sites is 1. The van der Waals surface area contributed by atoms with Gasteiger partial charge < -0.3 is 14.6 Å². The third kappa shape index (κ3) is 2.95. The molecule has 2 aliphatic heterocycles. The third-order valence-corrected chi connectivity index (χ3v) is 6.24. The summed E-state index contributed by atoms with van der Waals surface area (Å²) in [5, 5.41) is 6.30. The first-order chi connectivity index (χ1) is 13.4. The second-order valence-corrected chi connectivity index (χ2v) is 8.02. The highest BCUT2D eigenvalue weighted by Crippen LogP contribution is 2.56. The van der Waals surface area contributed by atoms with E-state index in [1.54, 1.807) is 19.9 Å². The molecule has 1 aromatic carbocycles. The summed E-state index contributed by atoms with van der Waals surface area (Å²) in [5.74, 6) is -0.380. The van der Waals surface area contributed by atoms with E-state index in [4.69, 9.17) is 9.26 Å². The predicted molar refractivity (Wildman–Crippen MR) is 102 cm³/mol. The van der Waals surface area contributed by atoms with Gasteiger partial charge in [-0.2, -0.15) is 0 Å². The van der Waals surface area contributed by atoms with Crippen molar-refractivity contribution in [3.8, 4) is 0 Å². The summed E-state index contributed by atoms with van der Waals surface area (Å²) < 4.78 is 10.5. The molecule has 1 aromatic heterocycles. The minimum absolute atomic E-state index is 0.120. The molecule has 0 bridgehead atoms. The Labute approximate surface area is 165 Å². The fourth-order valence-corrected chi connectivity index (χ4v) is 4.85. The topological polar surface area (TPSA) is 102 Å². The van der Waals surface area contributed by atoms with Gasteiger partial charge in [-0.25, -0.2) is 4.79 Å². The molecule has 0 spiro atoms. The lowest BCUT2D eigenvalue weighted by Crippen LogP contribution is -2.49. The van der Waals surface area contributed by atoms with Crippen molar-refractivity contribution in [2.45, 2.75) is 49.0 Å². The minimum Gasteiger partial charge on any atom is -0.450 e. The van der Waals surface area contributed by atoms with E-state index < -0.39 is 22.9 Å². The summed E-state index contributed by atoms with van der Waals surface area (Å²) in [4.78, 5) is 39.3. The van der Waals surface area contributed by atoms with Crippen LogP contribution in [0.5, 0.6) is 0 Å². The molecule has 0 aliphatic carbocycles. The second kappa shape index (κ2) is 6.97. The molecule has 3 heterocycles. The largest absolute Gasteiger partial charge is 0.450 e. The monoisotopic (exact) mass is 401 g/mol. The van der Waals surface area contributed by atoms with Crippen LogP contribution in [0.25, 0.3) is 0 Å². The first kappa shape index (κ1) is 18.5. The number of aromatic nitrogens is 1. The number of carbonyl (C=O) groups excluding carboxylic acids is 3. The first-order valence-corrected chi connectivity index (χ1v) is 9.82. The summed E-state index contributed by atoms with van der Waals surface area (Å²) in [5.41, 5.74) is 0.711. The van der Waals surface area contributed by atoms with Crippen molar-refractivity contribution in [3.63, 3.8) is 0 Å². The fraction of sp³-hybridized carbons (Fsp3) is 0.368. The number of aryl methyl sites for hydroxylation is 1. The van der Waals surface area contributed by atoms with E-state index in [2.05, 4.69) is 10.5 Å². The summed E-state index contributed by atoms with van der Waals surface area (Å²) in [6.07, 6.45) is -0.112. The fourth-order valence-electron chi connectivity index (χ4n) is 3.45. The van der Waals surface area contributed by atoms with Gasteiger partial charge in [-0.15, -0.1) is 0 Å². The minimum atomic E-state index is -1.15. The number of thioether (sulfide) groups is 1. The first-order valence-electron chi connectivity index (χ1n) is 9.01. The molecule has 0 saturated carbocycles. The van der Waals surface area contributed by atoms with Gasteiger partial charge in [-0.05, 0) is 25.5 Å². The third-order valence-electron chi connectivity index (χ3n) is 4.78. The molecule has 2 atom stereocenters. The van der Waals surface area contributed by atoms with E-state index in [0.717, 1.165) is 4.90 Å². The molecule has 28 heavy (non-hydrogen) atoms. The van der Waals surface area contributed by atoms with Crippen molar-refractivity contribution in [2.24, 2.45) is 0 Å². The molecular formula is C19H19N3O5S. The van der Waals surface area contributed by atoms with Crippen LogP contribution in [0.1, 0.15) is 31.9 Å². The van der Waals surface area contributed by atoms with E-state index >= 15 is 0 Å². The van der Waals surface area contributed by atoms with Crippen molar-refractivity contribution < 1.29 is 23.6 Å². The van der Waals surface area contributed by atoms with Gasteiger partial charge in [0, 0.05) is 23.8 Å². The molecule has 0 radical (unpaired) electrons. The van der Waals surface area contributed by atoms with Crippen molar-refractivity contribution in [2.75, 3.05) is 10.2 Å². The predicted octanol–water partition coefficient (Wildman–Crippen LogP) is 2.87. The van der Waals surface area contributed by atoms with Crippen molar-refractivity contribution >= 4 is 41.1 Å². The molecule has 2 amide bonds. The maximum Gasteiger partial charge on any atom is 0.344 e. The highest BCUT2D eigenvalue weighted by Gasteiger charge is 2.59. The van der Waals surface area contributed by atoms with E-state index in [1.165, 1.54) is 16.7 Å². The number of nitrogens with one attached hydrogen (secondary N) is 1. The Morgan fingerprint density at radius 3 is 2.93 bits per heavy atom. The second-order valence-electron chi connectivity index (χ2n) is 6.70. The van der Waals surface area contributed by atoms with Gasteiger partial charge in [-0.1, -0.05) is 36.0 Å². The van der Waals surface area contributed by atoms with Crippen LogP contribution in [-0.4, -0.2) is 33.9 Å². The SMILES string of the molecule is CC[C@H](OC(=O)[C@@]12CCC(=O)N1c1ccccc1S2)C(=O)Nc1cc(C)on1. The van der Waals surface area contributed by atoms with Crippen LogP contribution in [0, 0.1) is 6.92 Å². The maximum atomic E-state index is 13.1. The lowest BCUT2D eigenvalue weighted by Gasteiger charge is -2.30. The molecule has 1 N–H and O–H groups in total. The molecule has 2 aliphatic rings. The Hall–Kier alpha value is -2.81. The van der Waals surface area contributed by atoms with Crippen LogP contribution in [0.3, 0.4) is 0 Å². The number of benzene rings is 1. The number of anilines is 2. The van der Waals surface area contributed by atoms with Crippen LogP contribution in [-0.2, 0) is 19.1 Å². The van der Waals surface area contributed by atoms with E-state index in [-0.39, 0.29) is 24.6 Å². The quantitative estimate of drug-likeness (QED) is 0.769. The molecule has 9 heteroatoms. The van der Waals surface area contributed by atoms with Crippen LogP contribution in [0.2, 0.25) is 0 Å². The zero-order chi connectivity index (χ0) is 19.9. The number of esters is 1. The molecular weight excluding hydrogens is 382 g/mol. The van der Waals surface area contributed by atoms with Crippen LogP contribution >= 0.6 is 11.8 Å². The zero-order valence-corrected chi connectivity index (χ0v) is 16.2. The number of amides is 2. The molecule has 2 aromatic rings. The van der Waals surface area contributed by atoms with Gasteiger partial charge in [0.1, 0.15) is 5.76 Å². The Bertz CT molecular complexity index is 959. The van der Waals surface area contributed by atoms with Gasteiger partial charge in [0.05, 0.1) is 5.69 Å². The van der Waals surface area contributed by atoms with Gasteiger partial charge in [0.25, 0.3) is 5.91 Å². The smallest absolute Gasteiger partial charge is 0.344 e. The molecule has 1 saturated heterocycles. The van der Waals surface area contributed by atoms with Crippen LogP contribution < -0.4 is 10.2 Å². The molecule has 4 rings (SSSR count). The number of nitrogens with zero attached hydrogens (tertiary/aromatic N) is 2. The molecule has 146 valence electrons. The summed E-state index contributed by atoms with van der Waals surface area (Å²) >= 11 is 1.31. The van der Waals surface area contributed by atoms with E-state index in [0.29, 0.717) is 17.9 Å². The van der Waals surface area contributed by atoms with Gasteiger partial charge in [0.15, 0.2) is 16.8 Å². The number of hydrogen-bond acceptors (Lipinski definition) is 7. The van der Waals surface area contributed by atoms with Crippen molar-refractivity contribution in [1.82, 2.24) is 5.16 Å². The van der Waals surface area contributed by atoms with Crippen molar-refractivity contribution in [1.29, 1.82) is 0 Å². The van der Waals surface area contributed by atoms with E-state index in [1.807, 2.05) is 24.3 Å². The summed E-state index contributed by atoms with van der Waals surface area (Å²) in [6, 6.07) is 8.95. The number of carbonyl (C=O) groups is 3. The highest BCUT2D eigenvalue weighted by molar-refractivity contribution is 8.02. The maximum absolute atomic E-state index is 13.1. The molecule has 1 fully saturated rings. The summed E-state index contributed by atoms with van der Waals surface area (Å²) in [6.45, 7) is 3.46. The summed E-state index contributed by atoms with van der Waals surface area (Å²) in [7, 11) is 0. The molecule has 8 nitrogen and oxygen atoms in total. The van der Waals surface area contributed by atoms with Gasteiger partial charge >= 0.3 is 5.97 Å². The Morgan fingerprint density at radius 1 is 1.43 bits per heavy atom. The van der Waals surface area contributed by atoms with E-state index in [9.17, 15) is 14.4 Å². The average Bonchev–Trinajstić information content (AvgIpc) is 3.33. The standard InChI is InChI=1S/C19H19N3O5S/c1-3-13(17(24)20-15-10-11(2)27-21-15)26-18(25)19-9-8-16(23)22(19)12-6-4-5-7-14(12)28-19/h4-7,10,13H,3,8-9H2,1-2H3,(H,20,21,24)/t13-,19-/m0/s1.